The fourth-order valence-corrected chi connectivity index (χ4v) is 3.27. The normalized spacial score (nSPS) is 11.3. The molecular formula is C18H15ClN2O3S. The van der Waals surface area contributed by atoms with Crippen LogP contribution < -0.4 is 10.0 Å². The molecule has 25 heavy (non-hydrogen) atoms. The average Bonchev–Trinajstić information content (AvgIpc) is 2.55. The summed E-state index contributed by atoms with van der Waals surface area (Å²) < 4.78 is 24.8. The van der Waals surface area contributed by atoms with E-state index in [1.54, 1.807) is 0 Å². The highest BCUT2D eigenvalue weighted by molar-refractivity contribution is 7.92. The Morgan fingerprint density at radius 1 is 0.960 bits per heavy atom. The summed E-state index contributed by atoms with van der Waals surface area (Å²) in [7, 11) is -3.44. The third-order valence-electron chi connectivity index (χ3n) is 3.53. The van der Waals surface area contributed by atoms with Crippen molar-refractivity contribution in [2.75, 3.05) is 16.3 Å². The topological polar surface area (TPSA) is 75.3 Å². The zero-order valence-electron chi connectivity index (χ0n) is 13.3. The van der Waals surface area contributed by atoms with Gasteiger partial charge in [-0.3, -0.25) is 9.52 Å². The van der Waals surface area contributed by atoms with E-state index in [0.29, 0.717) is 11.3 Å². The second-order valence-electron chi connectivity index (χ2n) is 5.58. The Balaban J connectivity index is 1.81. The van der Waals surface area contributed by atoms with Gasteiger partial charge in [-0.25, -0.2) is 8.42 Å². The van der Waals surface area contributed by atoms with Gasteiger partial charge < -0.3 is 5.32 Å². The molecule has 0 saturated carbocycles. The number of amides is 1. The summed E-state index contributed by atoms with van der Waals surface area (Å²) in [4.78, 5) is 12.4. The van der Waals surface area contributed by atoms with Crippen molar-refractivity contribution in [2.45, 2.75) is 0 Å². The van der Waals surface area contributed by atoms with Gasteiger partial charge >= 0.3 is 0 Å². The number of halogens is 1. The molecule has 0 atom stereocenters. The molecule has 128 valence electrons. The lowest BCUT2D eigenvalue weighted by molar-refractivity contribution is 0.102. The molecule has 3 aromatic rings. The van der Waals surface area contributed by atoms with Crippen molar-refractivity contribution in [3.8, 4) is 0 Å². The molecular weight excluding hydrogens is 360 g/mol. The average molecular weight is 375 g/mol. The van der Waals surface area contributed by atoms with E-state index in [1.165, 1.54) is 18.2 Å². The van der Waals surface area contributed by atoms with Gasteiger partial charge in [0.15, 0.2) is 0 Å². The molecule has 3 aromatic carbocycles. The maximum atomic E-state index is 12.4. The van der Waals surface area contributed by atoms with Crippen molar-refractivity contribution in [3.05, 3.63) is 71.2 Å². The number of sulfonamides is 1. The standard InChI is InChI=1S/C18H15ClN2O3S/c1-25(23,24)21-17-9-7-14(11-16(17)19)18(22)20-15-8-6-12-4-2-3-5-13(12)10-15/h2-11,21H,1H3,(H,20,22). The Morgan fingerprint density at radius 3 is 2.36 bits per heavy atom. The first kappa shape index (κ1) is 17.3. The molecule has 0 fully saturated rings. The van der Waals surface area contributed by atoms with E-state index in [9.17, 15) is 13.2 Å². The Labute approximate surface area is 150 Å². The SMILES string of the molecule is CS(=O)(=O)Nc1ccc(C(=O)Nc2ccc3ccccc3c2)cc1Cl. The van der Waals surface area contributed by atoms with Gasteiger partial charge in [-0.05, 0) is 41.1 Å². The highest BCUT2D eigenvalue weighted by Crippen LogP contribution is 2.25. The monoisotopic (exact) mass is 374 g/mol. The molecule has 0 aromatic heterocycles. The largest absolute Gasteiger partial charge is 0.322 e. The minimum absolute atomic E-state index is 0.150. The smallest absolute Gasteiger partial charge is 0.255 e. The molecule has 1 amide bonds. The summed E-state index contributed by atoms with van der Waals surface area (Å²) in [6.45, 7) is 0. The third kappa shape index (κ3) is 4.29. The molecule has 0 aliphatic carbocycles. The van der Waals surface area contributed by atoms with E-state index in [2.05, 4.69) is 10.0 Å². The second kappa shape index (κ2) is 6.74. The van der Waals surface area contributed by atoms with E-state index in [4.69, 9.17) is 11.6 Å². The number of hydrogen-bond acceptors (Lipinski definition) is 3. The lowest BCUT2D eigenvalue weighted by Gasteiger charge is -2.10. The molecule has 7 heteroatoms. The van der Waals surface area contributed by atoms with Crippen LogP contribution in [0.1, 0.15) is 10.4 Å². The van der Waals surface area contributed by atoms with Crippen molar-refractivity contribution in [1.82, 2.24) is 0 Å². The molecule has 0 aliphatic rings. The van der Waals surface area contributed by atoms with E-state index in [1.807, 2.05) is 42.5 Å². The number of fused-ring (bicyclic) bond motifs is 1. The number of hydrogen-bond donors (Lipinski definition) is 2. The number of anilines is 2. The second-order valence-corrected chi connectivity index (χ2v) is 7.74. The number of carbonyl (C=O) groups is 1. The van der Waals surface area contributed by atoms with E-state index in [0.717, 1.165) is 17.0 Å². The van der Waals surface area contributed by atoms with Crippen molar-refractivity contribution in [3.63, 3.8) is 0 Å². The van der Waals surface area contributed by atoms with E-state index < -0.39 is 10.0 Å². The third-order valence-corrected chi connectivity index (χ3v) is 4.44. The first-order chi connectivity index (χ1) is 11.8. The van der Waals surface area contributed by atoms with Crippen LogP contribution in [-0.4, -0.2) is 20.6 Å². The van der Waals surface area contributed by atoms with Gasteiger partial charge in [0.05, 0.1) is 17.0 Å². The molecule has 5 nitrogen and oxygen atoms in total. The van der Waals surface area contributed by atoms with Crippen LogP contribution in [0.15, 0.2) is 60.7 Å². The highest BCUT2D eigenvalue weighted by Gasteiger charge is 2.11. The summed E-state index contributed by atoms with van der Waals surface area (Å²) in [5.41, 5.74) is 1.22. The number of benzene rings is 3. The van der Waals surface area contributed by atoms with Gasteiger partial charge in [-0.2, -0.15) is 0 Å². The minimum Gasteiger partial charge on any atom is -0.322 e. The van der Waals surface area contributed by atoms with Crippen molar-refractivity contribution < 1.29 is 13.2 Å². The maximum absolute atomic E-state index is 12.4. The number of carbonyl (C=O) groups excluding carboxylic acids is 1. The molecule has 0 radical (unpaired) electrons. The minimum atomic E-state index is -3.44. The van der Waals surface area contributed by atoms with Crippen molar-refractivity contribution in [1.29, 1.82) is 0 Å². The predicted molar refractivity (Wildman–Crippen MR) is 102 cm³/mol. The van der Waals surface area contributed by atoms with Gasteiger partial charge in [0.1, 0.15) is 0 Å². The van der Waals surface area contributed by atoms with Gasteiger partial charge in [-0.1, -0.05) is 41.9 Å². The van der Waals surface area contributed by atoms with Crippen LogP contribution in [-0.2, 0) is 10.0 Å². The summed E-state index contributed by atoms with van der Waals surface area (Å²) in [5.74, 6) is -0.330. The lowest BCUT2D eigenvalue weighted by Crippen LogP contribution is -2.13. The molecule has 0 aliphatic heterocycles. The van der Waals surface area contributed by atoms with Crippen LogP contribution >= 0.6 is 11.6 Å². The molecule has 0 spiro atoms. The quantitative estimate of drug-likeness (QED) is 0.721. The Hall–Kier alpha value is -2.57. The Bertz CT molecular complexity index is 1060. The van der Waals surface area contributed by atoms with Crippen LogP contribution in [0.25, 0.3) is 10.8 Å². The van der Waals surface area contributed by atoms with Crippen LogP contribution in [0, 0.1) is 0 Å². The van der Waals surface area contributed by atoms with Crippen LogP contribution in [0.4, 0.5) is 11.4 Å². The molecule has 0 saturated heterocycles. The van der Waals surface area contributed by atoms with E-state index >= 15 is 0 Å². The maximum Gasteiger partial charge on any atom is 0.255 e. The molecule has 0 heterocycles. The first-order valence-corrected chi connectivity index (χ1v) is 9.66. The summed E-state index contributed by atoms with van der Waals surface area (Å²) in [6.07, 6.45) is 1.03. The zero-order chi connectivity index (χ0) is 18.0. The van der Waals surface area contributed by atoms with Crippen molar-refractivity contribution >= 4 is 49.7 Å². The van der Waals surface area contributed by atoms with Gasteiger partial charge in [0.25, 0.3) is 5.91 Å². The lowest BCUT2D eigenvalue weighted by atomic mass is 10.1. The molecule has 0 bridgehead atoms. The molecule has 3 rings (SSSR count). The number of nitrogens with one attached hydrogen (secondary N) is 2. The fourth-order valence-electron chi connectivity index (χ4n) is 2.41. The predicted octanol–water partition coefficient (Wildman–Crippen LogP) is 4.12. The van der Waals surface area contributed by atoms with Gasteiger partial charge in [0.2, 0.25) is 10.0 Å². The van der Waals surface area contributed by atoms with Crippen LogP contribution in [0.2, 0.25) is 5.02 Å². The zero-order valence-corrected chi connectivity index (χ0v) is 14.9. The van der Waals surface area contributed by atoms with Gasteiger partial charge in [0, 0.05) is 11.3 Å². The molecule has 2 N–H and O–H groups in total. The molecule has 0 unspecified atom stereocenters. The van der Waals surface area contributed by atoms with Gasteiger partial charge in [-0.15, -0.1) is 0 Å². The summed E-state index contributed by atoms with van der Waals surface area (Å²) in [5, 5.41) is 5.06. The summed E-state index contributed by atoms with van der Waals surface area (Å²) in [6, 6.07) is 17.9. The Kier molecular flexibility index (Phi) is 4.65. The van der Waals surface area contributed by atoms with Crippen LogP contribution in [0.5, 0.6) is 0 Å². The summed E-state index contributed by atoms with van der Waals surface area (Å²) >= 11 is 6.05. The first-order valence-electron chi connectivity index (χ1n) is 7.39. The van der Waals surface area contributed by atoms with Crippen molar-refractivity contribution in [2.24, 2.45) is 0 Å². The Morgan fingerprint density at radius 2 is 1.68 bits per heavy atom. The fraction of sp³-hybridized carbons (Fsp3) is 0.0556. The van der Waals surface area contributed by atoms with E-state index in [-0.39, 0.29) is 16.6 Å². The number of rotatable bonds is 4. The van der Waals surface area contributed by atoms with Crippen LogP contribution in [0.3, 0.4) is 0 Å². The highest BCUT2D eigenvalue weighted by atomic mass is 35.5.